The first-order valence-corrected chi connectivity index (χ1v) is 10.4. The van der Waals surface area contributed by atoms with Gasteiger partial charge in [0, 0.05) is 23.1 Å². The molecule has 3 aromatic rings. The molecule has 0 spiro atoms. The lowest BCUT2D eigenvalue weighted by atomic mass is 10.1. The number of carbonyl (C=O) groups excluding carboxylic acids is 2. The minimum atomic E-state index is -0.783. The number of ether oxygens (including phenoxy) is 2. The maximum atomic E-state index is 12.6. The van der Waals surface area contributed by atoms with Crippen molar-refractivity contribution in [1.82, 2.24) is 9.55 Å². The van der Waals surface area contributed by atoms with Crippen molar-refractivity contribution in [3.05, 3.63) is 105 Å². The Bertz CT molecular complexity index is 1270. The Hall–Kier alpha value is -4.47. The number of anilines is 1. The number of amides is 1. The van der Waals surface area contributed by atoms with Gasteiger partial charge in [0.1, 0.15) is 24.8 Å². The van der Waals surface area contributed by atoms with Crippen LogP contribution in [0.2, 0.25) is 0 Å². The standard InChI is InChI=1S/C23H20N6O5/c24-28-27-17-13-20(34-18(17)14-33-22(31)16-9-5-2-6-10-16)29-12-11-19(26-23(29)32)25-21(30)15-7-3-1-4-8-15/h1-12,17-18,20H,13-14H2,(H,25,26,30,32)/t17-,18-,20-/m1/s1. The Balaban J connectivity index is 1.43. The van der Waals surface area contributed by atoms with Crippen molar-refractivity contribution in [3.8, 4) is 0 Å². The highest BCUT2D eigenvalue weighted by atomic mass is 16.6. The predicted octanol–water partition coefficient (Wildman–Crippen LogP) is 3.32. The van der Waals surface area contributed by atoms with Gasteiger partial charge in [-0.2, -0.15) is 4.98 Å². The highest BCUT2D eigenvalue weighted by Gasteiger charge is 2.37. The van der Waals surface area contributed by atoms with Crippen molar-refractivity contribution in [2.45, 2.75) is 24.8 Å². The molecule has 1 saturated heterocycles. The molecule has 1 N–H and O–H groups in total. The summed E-state index contributed by atoms with van der Waals surface area (Å²) in [5.41, 5.74) is 9.05. The van der Waals surface area contributed by atoms with E-state index in [4.69, 9.17) is 15.0 Å². The molecule has 1 aromatic heterocycles. The van der Waals surface area contributed by atoms with Crippen LogP contribution in [0.15, 0.2) is 82.8 Å². The fraction of sp³-hybridized carbons (Fsp3) is 0.217. The van der Waals surface area contributed by atoms with Crippen LogP contribution >= 0.6 is 0 Å². The lowest BCUT2D eigenvalue weighted by Crippen LogP contribution is -2.29. The number of carbonyl (C=O) groups is 2. The first kappa shape index (κ1) is 22.7. The summed E-state index contributed by atoms with van der Waals surface area (Å²) in [4.78, 5) is 43.8. The molecule has 1 fully saturated rings. The first-order chi connectivity index (χ1) is 16.5. The molecule has 34 heavy (non-hydrogen) atoms. The number of nitrogens with one attached hydrogen (secondary N) is 1. The highest BCUT2D eigenvalue weighted by molar-refractivity contribution is 6.03. The van der Waals surface area contributed by atoms with Gasteiger partial charge in [0.2, 0.25) is 0 Å². The number of esters is 1. The average Bonchev–Trinajstić information content (AvgIpc) is 3.26. The van der Waals surface area contributed by atoms with E-state index in [1.807, 2.05) is 0 Å². The molecule has 0 unspecified atom stereocenters. The zero-order valence-electron chi connectivity index (χ0n) is 17.9. The summed E-state index contributed by atoms with van der Waals surface area (Å²) in [6, 6.07) is 17.8. The molecule has 0 saturated carbocycles. The number of hydrogen-bond donors (Lipinski definition) is 1. The fourth-order valence-corrected chi connectivity index (χ4v) is 3.52. The molecule has 11 heteroatoms. The summed E-state index contributed by atoms with van der Waals surface area (Å²) < 4.78 is 12.4. The van der Waals surface area contributed by atoms with E-state index in [1.165, 1.54) is 16.8 Å². The quantitative estimate of drug-likeness (QED) is 0.247. The van der Waals surface area contributed by atoms with Gasteiger partial charge in [-0.1, -0.05) is 41.5 Å². The van der Waals surface area contributed by atoms with E-state index in [9.17, 15) is 14.4 Å². The van der Waals surface area contributed by atoms with Crippen LogP contribution in [0.25, 0.3) is 10.4 Å². The average molecular weight is 460 g/mol. The number of azide groups is 1. The molecule has 2 heterocycles. The second kappa shape index (κ2) is 10.4. The zero-order valence-corrected chi connectivity index (χ0v) is 17.9. The molecule has 0 radical (unpaired) electrons. The Morgan fingerprint density at radius 2 is 1.79 bits per heavy atom. The van der Waals surface area contributed by atoms with Crippen LogP contribution in [-0.4, -0.2) is 40.2 Å². The Morgan fingerprint density at radius 1 is 1.12 bits per heavy atom. The number of aromatic nitrogens is 2. The molecule has 11 nitrogen and oxygen atoms in total. The van der Waals surface area contributed by atoms with Crippen molar-refractivity contribution in [2.75, 3.05) is 11.9 Å². The predicted molar refractivity (Wildman–Crippen MR) is 121 cm³/mol. The Kier molecular flexibility index (Phi) is 6.97. The van der Waals surface area contributed by atoms with Crippen molar-refractivity contribution in [1.29, 1.82) is 0 Å². The maximum absolute atomic E-state index is 12.6. The monoisotopic (exact) mass is 460 g/mol. The van der Waals surface area contributed by atoms with Crippen molar-refractivity contribution in [2.24, 2.45) is 5.11 Å². The van der Waals surface area contributed by atoms with E-state index in [1.54, 1.807) is 60.7 Å². The lowest BCUT2D eigenvalue weighted by molar-refractivity contribution is -0.0361. The summed E-state index contributed by atoms with van der Waals surface area (Å²) in [6.07, 6.45) is 0.105. The fourth-order valence-electron chi connectivity index (χ4n) is 3.52. The van der Waals surface area contributed by atoms with E-state index >= 15 is 0 Å². The molecule has 4 rings (SSSR count). The smallest absolute Gasteiger partial charge is 0.351 e. The molecule has 0 aliphatic carbocycles. The molecular weight excluding hydrogens is 440 g/mol. The van der Waals surface area contributed by atoms with Gasteiger partial charge in [-0.05, 0) is 35.9 Å². The van der Waals surface area contributed by atoms with Crippen molar-refractivity contribution >= 4 is 17.7 Å². The summed E-state index contributed by atoms with van der Waals surface area (Å²) >= 11 is 0. The molecule has 1 aliphatic rings. The summed E-state index contributed by atoms with van der Waals surface area (Å²) in [5, 5.41) is 6.30. The van der Waals surface area contributed by atoms with E-state index < -0.39 is 35.9 Å². The topological polar surface area (TPSA) is 148 Å². The van der Waals surface area contributed by atoms with Gasteiger partial charge in [-0.25, -0.2) is 9.59 Å². The third kappa shape index (κ3) is 5.29. The second-order valence-corrected chi connectivity index (χ2v) is 7.42. The Morgan fingerprint density at radius 3 is 2.44 bits per heavy atom. The molecule has 3 atom stereocenters. The van der Waals surface area contributed by atoms with Crippen molar-refractivity contribution in [3.63, 3.8) is 0 Å². The van der Waals surface area contributed by atoms with Gasteiger partial charge in [0.05, 0.1) is 11.6 Å². The van der Waals surface area contributed by atoms with Gasteiger partial charge in [-0.3, -0.25) is 9.36 Å². The van der Waals surface area contributed by atoms with Crippen LogP contribution in [0.4, 0.5) is 5.82 Å². The second-order valence-electron chi connectivity index (χ2n) is 7.42. The summed E-state index contributed by atoms with van der Waals surface area (Å²) in [6.45, 7) is -0.151. The summed E-state index contributed by atoms with van der Waals surface area (Å²) in [5.74, 6) is -0.844. The van der Waals surface area contributed by atoms with Crippen LogP contribution in [0.3, 0.4) is 0 Å². The largest absolute Gasteiger partial charge is 0.459 e. The van der Waals surface area contributed by atoms with Gasteiger partial charge in [0.25, 0.3) is 5.91 Å². The van der Waals surface area contributed by atoms with E-state index in [2.05, 4.69) is 20.3 Å². The lowest BCUT2D eigenvalue weighted by Gasteiger charge is -2.16. The number of nitrogens with zero attached hydrogens (tertiary/aromatic N) is 5. The minimum absolute atomic E-state index is 0.0908. The van der Waals surface area contributed by atoms with Crippen molar-refractivity contribution < 1.29 is 19.1 Å². The SMILES string of the molecule is [N-]=[N+]=N[C@@H]1C[C@H](n2ccc(NC(=O)c3ccccc3)nc2=O)O[C@@H]1COC(=O)c1ccccc1. The maximum Gasteiger partial charge on any atom is 0.351 e. The van der Waals surface area contributed by atoms with Crippen LogP contribution in [0.5, 0.6) is 0 Å². The van der Waals surface area contributed by atoms with E-state index in [0.717, 1.165) is 0 Å². The van der Waals surface area contributed by atoms with Gasteiger partial charge in [-0.15, -0.1) is 0 Å². The molecule has 1 amide bonds. The molecule has 0 bridgehead atoms. The van der Waals surface area contributed by atoms with Crippen LogP contribution in [0.1, 0.15) is 33.4 Å². The van der Waals surface area contributed by atoms with E-state index in [-0.39, 0.29) is 18.8 Å². The number of hydrogen-bond acceptors (Lipinski definition) is 7. The summed E-state index contributed by atoms with van der Waals surface area (Å²) in [7, 11) is 0. The Labute approximate surface area is 193 Å². The van der Waals surface area contributed by atoms with E-state index in [0.29, 0.717) is 11.1 Å². The van der Waals surface area contributed by atoms with Crippen LogP contribution in [0, 0.1) is 0 Å². The van der Waals surface area contributed by atoms with Gasteiger partial charge in [0.15, 0.2) is 0 Å². The van der Waals surface area contributed by atoms with Gasteiger partial charge >= 0.3 is 11.7 Å². The number of benzene rings is 2. The minimum Gasteiger partial charge on any atom is -0.459 e. The highest BCUT2D eigenvalue weighted by Crippen LogP contribution is 2.30. The number of rotatable bonds is 7. The third-order valence-corrected chi connectivity index (χ3v) is 5.21. The van der Waals surface area contributed by atoms with Crippen LogP contribution in [-0.2, 0) is 9.47 Å². The third-order valence-electron chi connectivity index (χ3n) is 5.21. The first-order valence-electron chi connectivity index (χ1n) is 10.4. The molecule has 172 valence electrons. The zero-order chi connectivity index (χ0) is 23.9. The molecular formula is C23H20N6O5. The molecule has 2 aromatic carbocycles. The normalized spacial score (nSPS) is 19.1. The molecule has 1 aliphatic heterocycles. The van der Waals surface area contributed by atoms with Gasteiger partial charge < -0.3 is 14.8 Å². The van der Waals surface area contributed by atoms with Crippen LogP contribution < -0.4 is 11.0 Å².